The highest BCUT2D eigenvalue weighted by Gasteiger charge is 2.22. The summed E-state index contributed by atoms with van der Waals surface area (Å²) in [6.07, 6.45) is 1.68. The molecule has 0 saturated heterocycles. The van der Waals surface area contributed by atoms with Gasteiger partial charge in [0.05, 0.1) is 6.54 Å². The van der Waals surface area contributed by atoms with Crippen LogP contribution in [0.15, 0.2) is 72.1 Å². The SMILES string of the molecule is CCCN(CC(=O)N(Cc1ccccc1)Cc1cccs1)C(=O)Nc1cccc(CC)c1. The van der Waals surface area contributed by atoms with Gasteiger partial charge < -0.3 is 15.1 Å². The molecule has 0 radical (unpaired) electrons. The number of carbonyl (C=O) groups excluding carboxylic acids is 2. The Balaban J connectivity index is 1.71. The van der Waals surface area contributed by atoms with E-state index < -0.39 is 0 Å². The van der Waals surface area contributed by atoms with Gasteiger partial charge >= 0.3 is 6.03 Å². The van der Waals surface area contributed by atoms with E-state index in [1.54, 1.807) is 16.2 Å². The molecule has 0 aliphatic carbocycles. The molecule has 3 rings (SSSR count). The number of thiophene rings is 1. The summed E-state index contributed by atoms with van der Waals surface area (Å²) >= 11 is 1.63. The van der Waals surface area contributed by atoms with E-state index >= 15 is 0 Å². The Kier molecular flexibility index (Phi) is 8.87. The van der Waals surface area contributed by atoms with Crippen LogP contribution in [0.4, 0.5) is 10.5 Å². The highest BCUT2D eigenvalue weighted by Crippen LogP contribution is 2.16. The first-order valence-electron chi connectivity index (χ1n) is 11.1. The summed E-state index contributed by atoms with van der Waals surface area (Å²) in [4.78, 5) is 30.9. The van der Waals surface area contributed by atoms with E-state index in [0.717, 1.165) is 34.5 Å². The number of rotatable bonds is 10. The lowest BCUT2D eigenvalue weighted by Gasteiger charge is -2.27. The van der Waals surface area contributed by atoms with Gasteiger partial charge in [-0.05, 0) is 47.5 Å². The average Bonchev–Trinajstić information content (AvgIpc) is 3.32. The molecular formula is C26H31N3O2S. The summed E-state index contributed by atoms with van der Waals surface area (Å²) in [7, 11) is 0. The second-order valence-corrected chi connectivity index (χ2v) is 8.75. The standard InChI is InChI=1S/C26H31N3O2S/c1-3-15-28(26(31)27-23-13-8-12-21(4-2)17-23)20-25(30)29(19-24-14-9-16-32-24)18-22-10-6-5-7-11-22/h5-14,16-17H,3-4,15,18-20H2,1-2H3,(H,27,31). The Morgan fingerprint density at radius 2 is 1.66 bits per heavy atom. The van der Waals surface area contributed by atoms with Crippen LogP contribution in [0.2, 0.25) is 0 Å². The molecule has 32 heavy (non-hydrogen) atoms. The van der Waals surface area contributed by atoms with Crippen LogP contribution in [0, 0.1) is 0 Å². The predicted molar refractivity (Wildman–Crippen MR) is 132 cm³/mol. The van der Waals surface area contributed by atoms with Gasteiger partial charge in [0.2, 0.25) is 5.91 Å². The lowest BCUT2D eigenvalue weighted by molar-refractivity contribution is -0.133. The predicted octanol–water partition coefficient (Wildman–Crippen LogP) is 5.78. The normalized spacial score (nSPS) is 10.6. The molecule has 0 aliphatic heterocycles. The molecule has 0 aliphatic rings. The summed E-state index contributed by atoms with van der Waals surface area (Å²) in [6, 6.07) is 21.6. The van der Waals surface area contributed by atoms with Crippen molar-refractivity contribution in [3.8, 4) is 0 Å². The van der Waals surface area contributed by atoms with Gasteiger partial charge in [-0.25, -0.2) is 4.79 Å². The summed E-state index contributed by atoms with van der Waals surface area (Å²) in [5.41, 5.74) is 2.98. The summed E-state index contributed by atoms with van der Waals surface area (Å²) in [6.45, 7) is 5.70. The van der Waals surface area contributed by atoms with Crippen molar-refractivity contribution in [2.45, 2.75) is 39.8 Å². The maximum atomic E-state index is 13.3. The third-order valence-electron chi connectivity index (χ3n) is 5.19. The van der Waals surface area contributed by atoms with Crippen molar-refractivity contribution in [3.63, 3.8) is 0 Å². The van der Waals surface area contributed by atoms with Gasteiger partial charge in [-0.2, -0.15) is 0 Å². The number of urea groups is 1. The molecule has 0 atom stereocenters. The molecule has 3 amide bonds. The quantitative estimate of drug-likeness (QED) is 0.426. The highest BCUT2D eigenvalue weighted by atomic mass is 32.1. The van der Waals surface area contributed by atoms with E-state index in [2.05, 4.69) is 12.2 Å². The molecule has 0 bridgehead atoms. The van der Waals surface area contributed by atoms with Crippen molar-refractivity contribution in [1.29, 1.82) is 0 Å². The van der Waals surface area contributed by atoms with E-state index in [1.165, 1.54) is 0 Å². The highest BCUT2D eigenvalue weighted by molar-refractivity contribution is 7.09. The van der Waals surface area contributed by atoms with Gasteiger partial charge in [0.15, 0.2) is 0 Å². The first kappa shape index (κ1) is 23.5. The molecule has 0 unspecified atom stereocenters. The molecule has 168 valence electrons. The van der Waals surface area contributed by atoms with Gasteiger partial charge in [-0.15, -0.1) is 11.3 Å². The summed E-state index contributed by atoms with van der Waals surface area (Å²) in [5, 5.41) is 4.98. The second-order valence-electron chi connectivity index (χ2n) is 7.72. The van der Waals surface area contributed by atoms with Crippen molar-refractivity contribution in [2.75, 3.05) is 18.4 Å². The van der Waals surface area contributed by atoms with Crippen LogP contribution in [0.1, 0.15) is 36.3 Å². The average molecular weight is 450 g/mol. The minimum absolute atomic E-state index is 0.0470. The maximum absolute atomic E-state index is 13.3. The van der Waals surface area contributed by atoms with Crippen molar-refractivity contribution in [3.05, 3.63) is 88.1 Å². The number of hydrogen-bond donors (Lipinski definition) is 1. The molecule has 6 heteroatoms. The number of hydrogen-bond acceptors (Lipinski definition) is 3. The van der Waals surface area contributed by atoms with E-state index in [0.29, 0.717) is 19.6 Å². The van der Waals surface area contributed by atoms with E-state index in [-0.39, 0.29) is 18.5 Å². The van der Waals surface area contributed by atoms with E-state index in [1.807, 2.05) is 83.9 Å². The molecule has 1 aromatic heterocycles. The molecular weight excluding hydrogens is 418 g/mol. The van der Waals surface area contributed by atoms with Crippen LogP contribution in [0.3, 0.4) is 0 Å². The molecule has 0 saturated carbocycles. The van der Waals surface area contributed by atoms with Crippen molar-refractivity contribution >= 4 is 29.0 Å². The van der Waals surface area contributed by atoms with Crippen molar-refractivity contribution in [2.24, 2.45) is 0 Å². The number of amides is 3. The van der Waals surface area contributed by atoms with E-state index in [9.17, 15) is 9.59 Å². The number of anilines is 1. The first-order chi connectivity index (χ1) is 15.6. The molecule has 0 spiro atoms. The molecule has 2 aromatic carbocycles. The Bertz CT molecular complexity index is 989. The molecule has 5 nitrogen and oxygen atoms in total. The molecule has 1 N–H and O–H groups in total. The van der Waals surface area contributed by atoms with Crippen LogP contribution in [0.5, 0.6) is 0 Å². The second kappa shape index (κ2) is 12.1. The van der Waals surface area contributed by atoms with Crippen LogP contribution in [0.25, 0.3) is 0 Å². The van der Waals surface area contributed by atoms with Crippen LogP contribution >= 0.6 is 11.3 Å². The Labute approximate surface area is 194 Å². The first-order valence-corrected chi connectivity index (χ1v) is 12.0. The van der Waals surface area contributed by atoms with E-state index in [4.69, 9.17) is 0 Å². The fourth-order valence-electron chi connectivity index (χ4n) is 3.48. The number of nitrogens with zero attached hydrogens (tertiary/aromatic N) is 2. The Morgan fingerprint density at radius 1 is 0.875 bits per heavy atom. The van der Waals surface area contributed by atoms with Gasteiger partial charge in [-0.3, -0.25) is 4.79 Å². The van der Waals surface area contributed by atoms with Gasteiger partial charge in [0.25, 0.3) is 0 Å². The molecule has 0 fully saturated rings. The minimum Gasteiger partial charge on any atom is -0.332 e. The maximum Gasteiger partial charge on any atom is 0.322 e. The third-order valence-corrected chi connectivity index (χ3v) is 6.05. The topological polar surface area (TPSA) is 52.7 Å². The van der Waals surface area contributed by atoms with Gasteiger partial charge in [-0.1, -0.05) is 62.4 Å². The number of carbonyl (C=O) groups is 2. The van der Waals surface area contributed by atoms with Crippen molar-refractivity contribution < 1.29 is 9.59 Å². The van der Waals surface area contributed by atoms with Gasteiger partial charge in [0.1, 0.15) is 6.54 Å². The molecule has 3 aromatic rings. The largest absolute Gasteiger partial charge is 0.332 e. The Hall–Kier alpha value is -3.12. The van der Waals surface area contributed by atoms with Crippen molar-refractivity contribution in [1.82, 2.24) is 9.80 Å². The minimum atomic E-state index is -0.246. The number of aryl methyl sites for hydroxylation is 1. The third kappa shape index (κ3) is 6.95. The zero-order chi connectivity index (χ0) is 22.8. The Morgan fingerprint density at radius 3 is 2.34 bits per heavy atom. The molecule has 1 heterocycles. The fourth-order valence-corrected chi connectivity index (χ4v) is 4.20. The number of benzene rings is 2. The summed E-state index contributed by atoms with van der Waals surface area (Å²) in [5.74, 6) is -0.0619. The monoisotopic (exact) mass is 449 g/mol. The van der Waals surface area contributed by atoms with Crippen LogP contribution in [-0.2, 0) is 24.3 Å². The zero-order valence-electron chi connectivity index (χ0n) is 18.8. The fraction of sp³-hybridized carbons (Fsp3) is 0.308. The summed E-state index contributed by atoms with van der Waals surface area (Å²) < 4.78 is 0. The lowest BCUT2D eigenvalue weighted by Crippen LogP contribution is -2.44. The van der Waals surface area contributed by atoms with Gasteiger partial charge in [0, 0.05) is 23.7 Å². The van der Waals surface area contributed by atoms with Crippen LogP contribution < -0.4 is 5.32 Å². The smallest absolute Gasteiger partial charge is 0.322 e. The van der Waals surface area contributed by atoms with Crippen LogP contribution in [-0.4, -0.2) is 34.8 Å². The zero-order valence-corrected chi connectivity index (χ0v) is 19.6. The number of nitrogens with one attached hydrogen (secondary N) is 1. The lowest BCUT2D eigenvalue weighted by atomic mass is 10.1.